The Morgan fingerprint density at radius 1 is 1.50 bits per heavy atom. The van der Waals surface area contributed by atoms with Crippen molar-refractivity contribution in [3.05, 3.63) is 17.2 Å². The Morgan fingerprint density at radius 3 is 3.21 bits per heavy atom. The SMILES string of the molecule is Cc1nc2n(c1C1CCNC1)CCC2. The molecule has 1 N–H and O–H groups in total. The fourth-order valence-electron chi connectivity index (χ4n) is 2.89. The van der Waals surface area contributed by atoms with Gasteiger partial charge in [0.05, 0.1) is 5.69 Å². The highest BCUT2D eigenvalue weighted by Crippen LogP contribution is 2.29. The van der Waals surface area contributed by atoms with Crippen LogP contribution in [0.4, 0.5) is 0 Å². The number of hydrogen-bond donors (Lipinski definition) is 1. The van der Waals surface area contributed by atoms with Gasteiger partial charge in [0, 0.05) is 31.1 Å². The van der Waals surface area contributed by atoms with E-state index in [1.165, 1.54) is 49.6 Å². The summed E-state index contributed by atoms with van der Waals surface area (Å²) in [6, 6.07) is 0. The Bertz CT molecular complexity index is 348. The Hall–Kier alpha value is -0.830. The van der Waals surface area contributed by atoms with Crippen LogP contribution in [0, 0.1) is 6.92 Å². The van der Waals surface area contributed by atoms with E-state index >= 15 is 0 Å². The lowest BCUT2D eigenvalue weighted by Gasteiger charge is -2.12. The second-order valence-corrected chi connectivity index (χ2v) is 4.44. The first-order chi connectivity index (χ1) is 6.86. The highest BCUT2D eigenvalue weighted by Gasteiger charge is 2.26. The number of aromatic nitrogens is 2. The predicted octanol–water partition coefficient (Wildman–Crippen LogP) is 1.21. The van der Waals surface area contributed by atoms with E-state index < -0.39 is 0 Å². The van der Waals surface area contributed by atoms with Crippen molar-refractivity contribution in [2.45, 2.75) is 38.6 Å². The van der Waals surface area contributed by atoms with E-state index in [2.05, 4.69) is 21.8 Å². The van der Waals surface area contributed by atoms with Crippen molar-refractivity contribution in [2.75, 3.05) is 13.1 Å². The second-order valence-electron chi connectivity index (χ2n) is 4.44. The average Bonchev–Trinajstić information content (AvgIpc) is 2.78. The lowest BCUT2D eigenvalue weighted by atomic mass is 10.0. The molecule has 0 radical (unpaired) electrons. The van der Waals surface area contributed by atoms with E-state index in [1.807, 2.05) is 0 Å². The second kappa shape index (κ2) is 3.09. The zero-order valence-corrected chi connectivity index (χ0v) is 8.71. The van der Waals surface area contributed by atoms with Crippen molar-refractivity contribution in [1.82, 2.24) is 14.9 Å². The van der Waals surface area contributed by atoms with Crippen LogP contribution in [0.15, 0.2) is 0 Å². The highest BCUT2D eigenvalue weighted by molar-refractivity contribution is 5.23. The minimum atomic E-state index is 0.717. The molecule has 1 fully saturated rings. The normalized spacial score (nSPS) is 25.6. The molecule has 1 atom stereocenters. The minimum Gasteiger partial charge on any atom is -0.331 e. The molecule has 1 unspecified atom stereocenters. The van der Waals surface area contributed by atoms with Crippen LogP contribution < -0.4 is 5.32 Å². The van der Waals surface area contributed by atoms with E-state index in [4.69, 9.17) is 0 Å². The van der Waals surface area contributed by atoms with Gasteiger partial charge in [-0.05, 0) is 26.3 Å². The average molecular weight is 191 g/mol. The van der Waals surface area contributed by atoms with Crippen LogP contribution >= 0.6 is 0 Å². The molecule has 2 aliphatic heterocycles. The summed E-state index contributed by atoms with van der Waals surface area (Å²) < 4.78 is 2.47. The molecule has 0 amide bonds. The molecule has 3 heteroatoms. The van der Waals surface area contributed by atoms with Gasteiger partial charge in [-0.25, -0.2) is 4.98 Å². The Morgan fingerprint density at radius 2 is 2.43 bits per heavy atom. The number of rotatable bonds is 1. The molecule has 2 aliphatic rings. The van der Waals surface area contributed by atoms with Gasteiger partial charge in [0.2, 0.25) is 0 Å². The van der Waals surface area contributed by atoms with Gasteiger partial charge in [-0.3, -0.25) is 0 Å². The van der Waals surface area contributed by atoms with E-state index in [1.54, 1.807) is 0 Å². The Kier molecular flexibility index (Phi) is 1.87. The first-order valence-corrected chi connectivity index (χ1v) is 5.63. The van der Waals surface area contributed by atoms with Crippen LogP contribution in [-0.4, -0.2) is 22.6 Å². The number of hydrogen-bond acceptors (Lipinski definition) is 2. The molecular formula is C11H17N3. The third-order valence-corrected chi connectivity index (χ3v) is 3.50. The maximum absolute atomic E-state index is 4.67. The molecule has 14 heavy (non-hydrogen) atoms. The first-order valence-electron chi connectivity index (χ1n) is 5.63. The van der Waals surface area contributed by atoms with Gasteiger partial charge in [0.1, 0.15) is 5.82 Å². The lowest BCUT2D eigenvalue weighted by molar-refractivity contribution is 0.635. The summed E-state index contributed by atoms with van der Waals surface area (Å²) in [6.45, 7) is 5.68. The molecule has 1 saturated heterocycles. The van der Waals surface area contributed by atoms with E-state index in [0.29, 0.717) is 5.92 Å². The predicted molar refractivity (Wildman–Crippen MR) is 55.5 cm³/mol. The van der Waals surface area contributed by atoms with Crippen molar-refractivity contribution in [1.29, 1.82) is 0 Å². The van der Waals surface area contributed by atoms with Crippen LogP contribution in [-0.2, 0) is 13.0 Å². The van der Waals surface area contributed by atoms with E-state index in [-0.39, 0.29) is 0 Å². The fraction of sp³-hybridized carbons (Fsp3) is 0.727. The summed E-state index contributed by atoms with van der Waals surface area (Å²) in [6.07, 6.45) is 3.75. The largest absolute Gasteiger partial charge is 0.331 e. The Labute approximate surface area is 84.5 Å². The van der Waals surface area contributed by atoms with E-state index in [9.17, 15) is 0 Å². The summed E-state index contributed by atoms with van der Waals surface area (Å²) in [5, 5.41) is 3.44. The molecule has 3 heterocycles. The fourth-order valence-corrected chi connectivity index (χ4v) is 2.89. The number of nitrogens with zero attached hydrogens (tertiary/aromatic N) is 2. The third-order valence-electron chi connectivity index (χ3n) is 3.50. The summed E-state index contributed by atoms with van der Waals surface area (Å²) in [5.74, 6) is 2.04. The molecule has 0 bridgehead atoms. The van der Waals surface area contributed by atoms with Crippen molar-refractivity contribution in [3.63, 3.8) is 0 Å². The number of fused-ring (bicyclic) bond motifs is 1. The molecule has 0 aromatic carbocycles. The van der Waals surface area contributed by atoms with Gasteiger partial charge < -0.3 is 9.88 Å². The number of imidazole rings is 1. The smallest absolute Gasteiger partial charge is 0.109 e. The number of aryl methyl sites for hydroxylation is 2. The van der Waals surface area contributed by atoms with Gasteiger partial charge in [0.25, 0.3) is 0 Å². The lowest BCUT2D eigenvalue weighted by Crippen LogP contribution is -2.12. The quantitative estimate of drug-likeness (QED) is 0.723. The standard InChI is InChI=1S/C11H17N3/c1-8-11(9-4-5-12-7-9)14-6-2-3-10(14)13-8/h9,12H,2-7H2,1H3. The maximum atomic E-state index is 4.67. The summed E-state index contributed by atoms with van der Waals surface area (Å²) in [5.41, 5.74) is 2.79. The van der Waals surface area contributed by atoms with Crippen LogP contribution in [0.3, 0.4) is 0 Å². The van der Waals surface area contributed by atoms with Crippen LogP contribution in [0.2, 0.25) is 0 Å². The zero-order valence-electron chi connectivity index (χ0n) is 8.71. The van der Waals surface area contributed by atoms with Gasteiger partial charge in [-0.15, -0.1) is 0 Å². The van der Waals surface area contributed by atoms with Crippen molar-refractivity contribution >= 4 is 0 Å². The summed E-state index contributed by atoms with van der Waals surface area (Å²) >= 11 is 0. The monoisotopic (exact) mass is 191 g/mol. The molecule has 0 aliphatic carbocycles. The van der Waals surface area contributed by atoms with Crippen LogP contribution in [0.5, 0.6) is 0 Å². The molecule has 0 saturated carbocycles. The molecule has 76 valence electrons. The summed E-state index contributed by atoms with van der Waals surface area (Å²) in [4.78, 5) is 4.67. The molecule has 1 aromatic rings. The third kappa shape index (κ3) is 1.12. The van der Waals surface area contributed by atoms with Crippen molar-refractivity contribution < 1.29 is 0 Å². The van der Waals surface area contributed by atoms with Crippen molar-refractivity contribution in [2.24, 2.45) is 0 Å². The Balaban J connectivity index is 2.02. The molecule has 1 aromatic heterocycles. The topological polar surface area (TPSA) is 29.9 Å². The van der Waals surface area contributed by atoms with Gasteiger partial charge in [-0.1, -0.05) is 0 Å². The van der Waals surface area contributed by atoms with Crippen molar-refractivity contribution in [3.8, 4) is 0 Å². The molecule has 3 nitrogen and oxygen atoms in total. The first kappa shape index (κ1) is 8.48. The minimum absolute atomic E-state index is 0.717. The number of nitrogens with one attached hydrogen (secondary N) is 1. The van der Waals surface area contributed by atoms with Gasteiger partial charge in [0.15, 0.2) is 0 Å². The molecule has 0 spiro atoms. The van der Waals surface area contributed by atoms with Gasteiger partial charge >= 0.3 is 0 Å². The van der Waals surface area contributed by atoms with Gasteiger partial charge in [-0.2, -0.15) is 0 Å². The molecule has 3 rings (SSSR count). The highest BCUT2D eigenvalue weighted by atomic mass is 15.1. The molecular weight excluding hydrogens is 174 g/mol. The summed E-state index contributed by atoms with van der Waals surface area (Å²) in [7, 11) is 0. The maximum Gasteiger partial charge on any atom is 0.109 e. The van der Waals surface area contributed by atoms with Crippen LogP contribution in [0.25, 0.3) is 0 Å². The van der Waals surface area contributed by atoms with Crippen LogP contribution in [0.1, 0.15) is 36.0 Å². The zero-order chi connectivity index (χ0) is 9.54. The van der Waals surface area contributed by atoms with E-state index in [0.717, 1.165) is 6.54 Å².